The highest BCUT2D eigenvalue weighted by Crippen LogP contribution is 2.28. The van der Waals surface area contributed by atoms with Crippen molar-refractivity contribution in [3.63, 3.8) is 0 Å². The van der Waals surface area contributed by atoms with Gasteiger partial charge in [-0.1, -0.05) is 25.3 Å². The van der Waals surface area contributed by atoms with E-state index in [1.54, 1.807) is 0 Å². The maximum atomic E-state index is 14.6. The molecule has 4 nitrogen and oxygen atoms in total. The normalized spacial score (nSPS) is 18.5. The van der Waals surface area contributed by atoms with Gasteiger partial charge in [-0.2, -0.15) is 0 Å². The molecule has 0 atom stereocenters. The van der Waals surface area contributed by atoms with Crippen LogP contribution >= 0.6 is 0 Å². The Morgan fingerprint density at radius 3 is 2.44 bits per heavy atom. The molecule has 1 saturated heterocycles. The zero-order valence-corrected chi connectivity index (χ0v) is 17.6. The van der Waals surface area contributed by atoms with Crippen LogP contribution < -0.4 is 5.32 Å². The molecule has 2 fully saturated rings. The molecule has 0 bridgehead atoms. The minimum atomic E-state index is -1.24. The lowest BCUT2D eigenvalue weighted by molar-refractivity contribution is -0.0802. The van der Waals surface area contributed by atoms with Crippen molar-refractivity contribution in [2.45, 2.75) is 50.2 Å². The van der Waals surface area contributed by atoms with Gasteiger partial charge in [-0.05, 0) is 36.6 Å². The molecular formula is C24H26F4N2O2. The number of aliphatic hydroxyl groups is 1. The van der Waals surface area contributed by atoms with Crippen molar-refractivity contribution >= 4 is 5.91 Å². The standard InChI is InChI=1S/C24H26F4N2O2/c25-16-7-6-15(21(27)11-16)10-19-18(8-9-20(26)22(19)28)23(31)30-13-24(32,14-30)12-29-17-4-2-1-3-5-17/h6-9,11,17,29,32H,1-5,10,12-14H2. The summed E-state index contributed by atoms with van der Waals surface area (Å²) in [5, 5.41) is 14.1. The number of carbonyl (C=O) groups is 1. The van der Waals surface area contributed by atoms with E-state index in [0.717, 1.165) is 49.9 Å². The van der Waals surface area contributed by atoms with Crippen LogP contribution in [0, 0.1) is 23.3 Å². The molecule has 4 rings (SSSR count). The Bertz CT molecular complexity index is 1000. The number of hydrogen-bond acceptors (Lipinski definition) is 3. The number of halogens is 4. The first-order chi connectivity index (χ1) is 15.3. The Morgan fingerprint density at radius 2 is 1.75 bits per heavy atom. The molecule has 0 spiro atoms. The SMILES string of the molecule is O=C(c1ccc(F)c(F)c1Cc1ccc(F)cc1F)N1CC(O)(CNC2CCCCC2)C1. The number of hydrogen-bond donors (Lipinski definition) is 2. The number of nitrogens with zero attached hydrogens (tertiary/aromatic N) is 1. The van der Waals surface area contributed by atoms with E-state index in [4.69, 9.17) is 0 Å². The third kappa shape index (κ3) is 4.81. The Hall–Kier alpha value is -2.45. The molecule has 1 saturated carbocycles. The fraction of sp³-hybridized carbons (Fsp3) is 0.458. The lowest BCUT2D eigenvalue weighted by Gasteiger charge is -2.47. The van der Waals surface area contributed by atoms with Crippen LogP contribution in [0.25, 0.3) is 0 Å². The van der Waals surface area contributed by atoms with Crippen LogP contribution in [-0.2, 0) is 6.42 Å². The van der Waals surface area contributed by atoms with Crippen LogP contribution in [0.5, 0.6) is 0 Å². The van der Waals surface area contributed by atoms with Gasteiger partial charge in [0.25, 0.3) is 5.91 Å². The fourth-order valence-electron chi connectivity index (χ4n) is 4.55. The summed E-state index contributed by atoms with van der Waals surface area (Å²) in [4.78, 5) is 14.3. The average Bonchev–Trinajstić information content (AvgIpc) is 2.75. The number of nitrogens with one attached hydrogen (secondary N) is 1. The number of amides is 1. The van der Waals surface area contributed by atoms with Crippen LogP contribution in [0.4, 0.5) is 17.6 Å². The summed E-state index contributed by atoms with van der Waals surface area (Å²) in [6.45, 7) is 0.483. The van der Waals surface area contributed by atoms with Gasteiger partial charge in [0, 0.05) is 36.2 Å². The molecule has 172 valence electrons. The summed E-state index contributed by atoms with van der Waals surface area (Å²) in [6.07, 6.45) is 5.28. The predicted molar refractivity (Wildman–Crippen MR) is 111 cm³/mol. The van der Waals surface area contributed by atoms with E-state index >= 15 is 0 Å². The van der Waals surface area contributed by atoms with E-state index in [-0.39, 0.29) is 29.8 Å². The Labute approximate surface area is 184 Å². The minimum absolute atomic E-state index is 0.0539. The van der Waals surface area contributed by atoms with E-state index in [1.807, 2.05) is 0 Å². The van der Waals surface area contributed by atoms with E-state index < -0.39 is 41.2 Å². The van der Waals surface area contributed by atoms with Crippen molar-refractivity contribution < 1.29 is 27.5 Å². The lowest BCUT2D eigenvalue weighted by Crippen LogP contribution is -2.67. The molecule has 1 heterocycles. The zero-order valence-electron chi connectivity index (χ0n) is 17.6. The van der Waals surface area contributed by atoms with Crippen LogP contribution in [0.2, 0.25) is 0 Å². The average molecular weight is 450 g/mol. The molecule has 2 aromatic carbocycles. The van der Waals surface area contributed by atoms with Crippen LogP contribution in [0.15, 0.2) is 30.3 Å². The van der Waals surface area contributed by atoms with E-state index in [1.165, 1.54) is 11.3 Å². The predicted octanol–water partition coefficient (Wildman–Crippen LogP) is 3.94. The van der Waals surface area contributed by atoms with Crippen molar-refractivity contribution in [3.05, 3.63) is 70.3 Å². The van der Waals surface area contributed by atoms with Gasteiger partial charge in [0.1, 0.15) is 17.2 Å². The second-order valence-corrected chi connectivity index (χ2v) is 8.90. The highest BCUT2D eigenvalue weighted by atomic mass is 19.2. The second-order valence-electron chi connectivity index (χ2n) is 8.90. The maximum Gasteiger partial charge on any atom is 0.254 e. The van der Waals surface area contributed by atoms with Gasteiger partial charge in [-0.3, -0.25) is 4.79 Å². The first-order valence-electron chi connectivity index (χ1n) is 10.9. The van der Waals surface area contributed by atoms with Gasteiger partial charge in [0.05, 0.1) is 13.1 Å². The number of rotatable bonds is 6. The van der Waals surface area contributed by atoms with Crippen molar-refractivity contribution in [2.24, 2.45) is 0 Å². The lowest BCUT2D eigenvalue weighted by atomic mass is 9.90. The Balaban J connectivity index is 1.46. The highest BCUT2D eigenvalue weighted by Gasteiger charge is 2.44. The van der Waals surface area contributed by atoms with E-state index in [9.17, 15) is 27.5 Å². The molecule has 1 amide bonds. The summed E-state index contributed by atoms with van der Waals surface area (Å²) >= 11 is 0. The molecular weight excluding hydrogens is 424 g/mol. The van der Waals surface area contributed by atoms with Gasteiger partial charge < -0.3 is 15.3 Å². The molecule has 0 radical (unpaired) electrons. The summed E-state index contributed by atoms with van der Waals surface area (Å²) in [6, 6.07) is 5.19. The van der Waals surface area contributed by atoms with Crippen molar-refractivity contribution in [3.8, 4) is 0 Å². The third-order valence-electron chi connectivity index (χ3n) is 6.39. The Morgan fingerprint density at radius 1 is 1.03 bits per heavy atom. The summed E-state index contributed by atoms with van der Waals surface area (Å²) < 4.78 is 55.7. The van der Waals surface area contributed by atoms with Crippen LogP contribution in [0.3, 0.4) is 0 Å². The fourth-order valence-corrected chi connectivity index (χ4v) is 4.55. The minimum Gasteiger partial charge on any atom is -0.385 e. The van der Waals surface area contributed by atoms with E-state index in [0.29, 0.717) is 18.7 Å². The number of likely N-dealkylation sites (tertiary alicyclic amines) is 1. The number of carbonyl (C=O) groups excluding carboxylic acids is 1. The molecule has 1 aliphatic heterocycles. The summed E-state index contributed by atoms with van der Waals surface area (Å²) in [5.41, 5.74) is -1.53. The molecule has 2 N–H and O–H groups in total. The van der Waals surface area contributed by atoms with Gasteiger partial charge in [-0.25, -0.2) is 17.6 Å². The molecule has 1 aliphatic carbocycles. The first kappa shape index (κ1) is 22.7. The highest BCUT2D eigenvalue weighted by molar-refractivity contribution is 5.96. The van der Waals surface area contributed by atoms with Crippen LogP contribution in [-0.4, -0.2) is 47.2 Å². The van der Waals surface area contributed by atoms with Gasteiger partial charge in [0.15, 0.2) is 11.6 Å². The third-order valence-corrected chi connectivity index (χ3v) is 6.39. The quantitative estimate of drug-likeness (QED) is 0.656. The van der Waals surface area contributed by atoms with Crippen LogP contribution in [0.1, 0.15) is 53.6 Å². The maximum absolute atomic E-state index is 14.6. The number of benzene rings is 2. The first-order valence-corrected chi connectivity index (χ1v) is 10.9. The largest absolute Gasteiger partial charge is 0.385 e. The van der Waals surface area contributed by atoms with E-state index in [2.05, 4.69) is 5.32 Å². The van der Waals surface area contributed by atoms with Gasteiger partial charge >= 0.3 is 0 Å². The second kappa shape index (κ2) is 9.19. The molecule has 32 heavy (non-hydrogen) atoms. The molecule has 0 unspecified atom stereocenters. The molecule has 8 heteroatoms. The Kier molecular flexibility index (Phi) is 6.53. The van der Waals surface area contributed by atoms with Crippen molar-refractivity contribution in [1.82, 2.24) is 10.2 Å². The van der Waals surface area contributed by atoms with Gasteiger partial charge in [-0.15, -0.1) is 0 Å². The molecule has 2 aliphatic rings. The monoisotopic (exact) mass is 450 g/mol. The topological polar surface area (TPSA) is 52.6 Å². The van der Waals surface area contributed by atoms with Crippen molar-refractivity contribution in [2.75, 3.05) is 19.6 Å². The summed E-state index contributed by atoms with van der Waals surface area (Å²) in [7, 11) is 0. The summed E-state index contributed by atoms with van der Waals surface area (Å²) in [5.74, 6) is -4.66. The number of β-amino-alcohol motifs (C(OH)–C–C–N with tert-alkyl or cyclic N) is 1. The molecule has 2 aromatic rings. The smallest absolute Gasteiger partial charge is 0.254 e. The van der Waals surface area contributed by atoms with Gasteiger partial charge in [0.2, 0.25) is 0 Å². The van der Waals surface area contributed by atoms with Crippen molar-refractivity contribution in [1.29, 1.82) is 0 Å². The molecule has 0 aromatic heterocycles. The zero-order chi connectivity index (χ0) is 22.9.